The van der Waals surface area contributed by atoms with E-state index in [0.717, 1.165) is 12.1 Å². The third kappa shape index (κ3) is 4.27. The molecule has 0 fully saturated rings. The molecule has 1 aromatic carbocycles. The van der Waals surface area contributed by atoms with Crippen molar-refractivity contribution in [1.29, 1.82) is 0 Å². The number of carboxylic acids is 1. The third-order valence-electron chi connectivity index (χ3n) is 2.45. The van der Waals surface area contributed by atoms with Gasteiger partial charge in [0.05, 0.1) is 5.56 Å². The molecule has 0 saturated carbocycles. The topological polar surface area (TPSA) is 49.3 Å². The van der Waals surface area contributed by atoms with Crippen molar-refractivity contribution < 1.29 is 23.1 Å². The van der Waals surface area contributed by atoms with Gasteiger partial charge in [0, 0.05) is 18.7 Å². The van der Waals surface area contributed by atoms with Gasteiger partial charge in [-0.05, 0) is 31.0 Å². The van der Waals surface area contributed by atoms with Crippen molar-refractivity contribution in [3.63, 3.8) is 0 Å². The quantitative estimate of drug-likeness (QED) is 0.799. The Bertz CT molecular complexity index is 430. The molecule has 3 nitrogen and oxygen atoms in total. The number of halogens is 3. The molecule has 6 heteroatoms. The molecule has 0 radical (unpaired) electrons. The number of nitrogens with one attached hydrogen (secondary N) is 1. The van der Waals surface area contributed by atoms with Crippen LogP contribution in [0, 0.1) is 6.92 Å². The molecule has 0 spiro atoms. The summed E-state index contributed by atoms with van der Waals surface area (Å²) in [6.07, 6.45) is -4.01. The van der Waals surface area contributed by atoms with Crippen molar-refractivity contribution in [1.82, 2.24) is 0 Å². The Labute approximate surface area is 103 Å². The summed E-state index contributed by atoms with van der Waals surface area (Å²) in [6, 6.07) is 3.45. The van der Waals surface area contributed by atoms with E-state index >= 15 is 0 Å². The highest BCUT2D eigenvalue weighted by atomic mass is 19.4. The Morgan fingerprint density at radius 3 is 2.61 bits per heavy atom. The van der Waals surface area contributed by atoms with E-state index in [1.54, 1.807) is 6.92 Å². The maximum Gasteiger partial charge on any atom is 0.416 e. The van der Waals surface area contributed by atoms with E-state index in [1.807, 2.05) is 0 Å². The van der Waals surface area contributed by atoms with Crippen LogP contribution < -0.4 is 5.32 Å². The molecule has 0 aromatic heterocycles. The van der Waals surface area contributed by atoms with E-state index < -0.39 is 17.7 Å². The van der Waals surface area contributed by atoms with Crippen molar-refractivity contribution in [2.75, 3.05) is 11.9 Å². The molecule has 0 saturated heterocycles. The van der Waals surface area contributed by atoms with Gasteiger partial charge < -0.3 is 10.4 Å². The Balaban J connectivity index is 2.67. The Morgan fingerprint density at radius 1 is 1.39 bits per heavy atom. The van der Waals surface area contributed by atoms with Crippen LogP contribution >= 0.6 is 0 Å². The van der Waals surface area contributed by atoms with Crippen molar-refractivity contribution >= 4 is 11.7 Å². The number of carbonyl (C=O) groups is 1. The first-order chi connectivity index (χ1) is 8.30. The SMILES string of the molecule is Cc1ccc(C(F)(F)F)cc1NCCCC(=O)O. The predicted molar refractivity (Wildman–Crippen MR) is 61.5 cm³/mol. The van der Waals surface area contributed by atoms with Gasteiger partial charge in [0.1, 0.15) is 0 Å². The fourth-order valence-electron chi connectivity index (χ4n) is 1.45. The van der Waals surface area contributed by atoms with Gasteiger partial charge >= 0.3 is 12.1 Å². The predicted octanol–water partition coefficient (Wildman–Crippen LogP) is 3.29. The van der Waals surface area contributed by atoms with E-state index in [-0.39, 0.29) is 6.42 Å². The monoisotopic (exact) mass is 261 g/mol. The maximum absolute atomic E-state index is 12.5. The number of hydrogen-bond donors (Lipinski definition) is 2. The lowest BCUT2D eigenvalue weighted by atomic mass is 10.1. The van der Waals surface area contributed by atoms with Crippen molar-refractivity contribution in [3.8, 4) is 0 Å². The standard InChI is InChI=1S/C12H14F3NO2/c1-8-4-5-9(12(13,14)15)7-10(8)16-6-2-3-11(17)18/h4-5,7,16H,2-3,6H2,1H3,(H,17,18). The summed E-state index contributed by atoms with van der Waals surface area (Å²) in [5.41, 5.74) is 0.363. The summed E-state index contributed by atoms with van der Waals surface area (Å²) in [4.78, 5) is 10.3. The molecular formula is C12H14F3NO2. The molecule has 0 aliphatic rings. The lowest BCUT2D eigenvalue weighted by Gasteiger charge is -2.13. The van der Waals surface area contributed by atoms with E-state index in [2.05, 4.69) is 5.32 Å². The summed E-state index contributed by atoms with van der Waals surface area (Å²) in [6.45, 7) is 2.02. The fraction of sp³-hybridized carbons (Fsp3) is 0.417. The van der Waals surface area contributed by atoms with Gasteiger partial charge in [-0.3, -0.25) is 4.79 Å². The number of aryl methyl sites for hydroxylation is 1. The summed E-state index contributed by atoms with van der Waals surface area (Å²) in [5.74, 6) is -0.919. The number of carboxylic acid groups (broad SMARTS) is 1. The molecule has 0 amide bonds. The van der Waals surface area contributed by atoms with E-state index in [4.69, 9.17) is 5.11 Å². The largest absolute Gasteiger partial charge is 0.481 e. The number of alkyl halides is 3. The normalized spacial score (nSPS) is 11.3. The van der Waals surface area contributed by atoms with Crippen molar-refractivity contribution in [2.24, 2.45) is 0 Å². The number of benzene rings is 1. The molecule has 0 aliphatic carbocycles. The summed E-state index contributed by atoms with van der Waals surface area (Å²) < 4.78 is 37.5. The molecule has 1 rings (SSSR count). The van der Waals surface area contributed by atoms with E-state index in [1.165, 1.54) is 6.07 Å². The van der Waals surface area contributed by atoms with E-state index in [9.17, 15) is 18.0 Å². The highest BCUT2D eigenvalue weighted by molar-refractivity contribution is 5.66. The van der Waals surface area contributed by atoms with Gasteiger partial charge in [-0.1, -0.05) is 6.07 Å². The summed E-state index contributed by atoms with van der Waals surface area (Å²) in [7, 11) is 0. The first-order valence-electron chi connectivity index (χ1n) is 5.44. The van der Waals surface area contributed by atoms with Crippen LogP contribution in [-0.4, -0.2) is 17.6 Å². The van der Waals surface area contributed by atoms with Crippen LogP contribution in [0.2, 0.25) is 0 Å². The zero-order chi connectivity index (χ0) is 13.8. The minimum Gasteiger partial charge on any atom is -0.481 e. The van der Waals surface area contributed by atoms with Gasteiger partial charge in [-0.15, -0.1) is 0 Å². The number of rotatable bonds is 5. The Kier molecular flexibility index (Phi) is 4.58. The summed E-state index contributed by atoms with van der Waals surface area (Å²) in [5, 5.41) is 11.3. The Hall–Kier alpha value is -1.72. The van der Waals surface area contributed by atoms with Crippen LogP contribution in [-0.2, 0) is 11.0 Å². The number of aliphatic carboxylic acids is 1. The molecular weight excluding hydrogens is 247 g/mol. The van der Waals surface area contributed by atoms with Crippen LogP contribution in [0.25, 0.3) is 0 Å². The number of hydrogen-bond acceptors (Lipinski definition) is 2. The number of anilines is 1. The first kappa shape index (κ1) is 14.3. The third-order valence-corrected chi connectivity index (χ3v) is 2.45. The van der Waals surface area contributed by atoms with Crippen molar-refractivity contribution in [2.45, 2.75) is 25.9 Å². The van der Waals surface area contributed by atoms with Gasteiger partial charge in [0.15, 0.2) is 0 Å². The average Bonchev–Trinajstić information content (AvgIpc) is 2.24. The second kappa shape index (κ2) is 5.75. The minimum absolute atomic E-state index is 0.00892. The second-order valence-corrected chi connectivity index (χ2v) is 3.95. The van der Waals surface area contributed by atoms with Crippen LogP contribution in [0.4, 0.5) is 18.9 Å². The molecule has 100 valence electrons. The first-order valence-corrected chi connectivity index (χ1v) is 5.44. The molecule has 2 N–H and O–H groups in total. The van der Waals surface area contributed by atoms with Crippen LogP contribution in [0.5, 0.6) is 0 Å². The molecule has 1 aromatic rings. The second-order valence-electron chi connectivity index (χ2n) is 3.95. The highest BCUT2D eigenvalue weighted by Gasteiger charge is 2.30. The molecule has 0 bridgehead atoms. The summed E-state index contributed by atoms with van der Waals surface area (Å²) >= 11 is 0. The minimum atomic E-state index is -4.37. The highest BCUT2D eigenvalue weighted by Crippen LogP contribution is 2.31. The molecule has 0 heterocycles. The van der Waals surface area contributed by atoms with Gasteiger partial charge in [-0.2, -0.15) is 13.2 Å². The van der Waals surface area contributed by atoms with Gasteiger partial charge in [-0.25, -0.2) is 0 Å². The maximum atomic E-state index is 12.5. The van der Waals surface area contributed by atoms with Crippen LogP contribution in [0.15, 0.2) is 18.2 Å². The lowest BCUT2D eigenvalue weighted by Crippen LogP contribution is -2.09. The zero-order valence-corrected chi connectivity index (χ0v) is 9.84. The lowest BCUT2D eigenvalue weighted by molar-refractivity contribution is -0.138. The fourth-order valence-corrected chi connectivity index (χ4v) is 1.45. The zero-order valence-electron chi connectivity index (χ0n) is 9.84. The molecule has 0 aliphatic heterocycles. The molecule has 18 heavy (non-hydrogen) atoms. The van der Waals surface area contributed by atoms with Crippen LogP contribution in [0.3, 0.4) is 0 Å². The van der Waals surface area contributed by atoms with Gasteiger partial charge in [0.25, 0.3) is 0 Å². The molecule has 0 unspecified atom stereocenters. The Morgan fingerprint density at radius 2 is 2.06 bits per heavy atom. The van der Waals surface area contributed by atoms with Crippen LogP contribution in [0.1, 0.15) is 24.0 Å². The smallest absolute Gasteiger partial charge is 0.416 e. The average molecular weight is 261 g/mol. The van der Waals surface area contributed by atoms with E-state index in [0.29, 0.717) is 24.2 Å². The van der Waals surface area contributed by atoms with Gasteiger partial charge in [0.2, 0.25) is 0 Å². The molecule has 0 atom stereocenters. The van der Waals surface area contributed by atoms with Crippen molar-refractivity contribution in [3.05, 3.63) is 29.3 Å².